The van der Waals surface area contributed by atoms with Gasteiger partial charge in [-0.1, -0.05) is 13.3 Å². The summed E-state index contributed by atoms with van der Waals surface area (Å²) in [5.41, 5.74) is 0.0776. The molecule has 19 heavy (non-hydrogen) atoms. The maximum Gasteiger partial charge on any atom is 0.550 e. The Hall–Kier alpha value is -1.76. The van der Waals surface area contributed by atoms with Gasteiger partial charge in [-0.25, -0.2) is 14.6 Å². The average molecular weight is 276 g/mol. The Balaban J connectivity index is 3.86. The monoisotopic (exact) mass is 276 g/mol. The molecule has 0 spiro atoms. The van der Waals surface area contributed by atoms with Gasteiger partial charge in [0.05, 0.1) is 18.3 Å². The van der Waals surface area contributed by atoms with Crippen LogP contribution >= 0.6 is 0 Å². The molecule has 0 atom stereocenters. The molecule has 7 nitrogen and oxygen atoms in total. The lowest BCUT2D eigenvalue weighted by molar-refractivity contribution is -0.253. The molecule has 110 valence electrons. The molecule has 0 aliphatic carbocycles. The number of hydrogen-bond donors (Lipinski definition) is 0. The van der Waals surface area contributed by atoms with Gasteiger partial charge in [0.15, 0.2) is 0 Å². The van der Waals surface area contributed by atoms with Crippen LogP contribution in [0.1, 0.15) is 40.5 Å². The zero-order chi connectivity index (χ0) is 14.7. The van der Waals surface area contributed by atoms with Crippen molar-refractivity contribution in [3.63, 3.8) is 0 Å². The minimum atomic E-state index is -1.09. The van der Waals surface area contributed by atoms with Crippen molar-refractivity contribution in [1.29, 1.82) is 0 Å². The summed E-state index contributed by atoms with van der Waals surface area (Å²) in [4.78, 5) is 40.0. The van der Waals surface area contributed by atoms with Gasteiger partial charge < -0.3 is 9.62 Å². The standard InChI is InChI=1S/C12H20O7/c1-5-6-7-15-16-8-10(4)11(13)18-19-12(14)17-9(2)3/h8-9H,5-7H2,1-4H3. The third kappa shape index (κ3) is 9.90. The minimum Gasteiger partial charge on any atom is -0.429 e. The Morgan fingerprint density at radius 3 is 2.47 bits per heavy atom. The van der Waals surface area contributed by atoms with Gasteiger partial charge in [-0.2, -0.15) is 9.68 Å². The van der Waals surface area contributed by atoms with E-state index in [9.17, 15) is 9.59 Å². The first kappa shape index (κ1) is 17.2. The molecule has 7 heteroatoms. The van der Waals surface area contributed by atoms with Gasteiger partial charge in [-0.05, 0) is 27.2 Å². The fourth-order valence-corrected chi connectivity index (χ4v) is 0.755. The summed E-state index contributed by atoms with van der Waals surface area (Å²) in [6.45, 7) is 7.12. The Bertz CT molecular complexity index is 309. The molecule has 0 bridgehead atoms. The number of hydrogen-bond acceptors (Lipinski definition) is 7. The van der Waals surface area contributed by atoms with Crippen molar-refractivity contribution in [2.24, 2.45) is 0 Å². The van der Waals surface area contributed by atoms with Crippen LogP contribution in [0.25, 0.3) is 0 Å². The van der Waals surface area contributed by atoms with Crippen molar-refractivity contribution < 1.29 is 33.9 Å². The Morgan fingerprint density at radius 2 is 1.89 bits per heavy atom. The molecule has 0 fully saturated rings. The molecular weight excluding hydrogens is 256 g/mol. The maximum absolute atomic E-state index is 11.3. The lowest BCUT2D eigenvalue weighted by atomic mass is 10.4. The van der Waals surface area contributed by atoms with Crippen LogP contribution in [0.3, 0.4) is 0 Å². The molecule has 0 aromatic heterocycles. The van der Waals surface area contributed by atoms with Gasteiger partial charge in [0, 0.05) is 0 Å². The molecule has 0 amide bonds. The third-order valence-electron chi connectivity index (χ3n) is 1.71. The largest absolute Gasteiger partial charge is 0.550 e. The summed E-state index contributed by atoms with van der Waals surface area (Å²) in [7, 11) is 0. The fraction of sp³-hybridized carbons (Fsp3) is 0.667. The van der Waals surface area contributed by atoms with Gasteiger partial charge in [0.1, 0.15) is 6.26 Å². The van der Waals surface area contributed by atoms with Crippen LogP contribution in [0.2, 0.25) is 0 Å². The van der Waals surface area contributed by atoms with Gasteiger partial charge in [0.2, 0.25) is 0 Å². The number of ether oxygens (including phenoxy) is 1. The number of carbonyl (C=O) groups excluding carboxylic acids is 2. The van der Waals surface area contributed by atoms with E-state index < -0.39 is 12.1 Å². The topological polar surface area (TPSA) is 80.3 Å². The SMILES string of the molecule is CCCCOOC=C(C)C(=O)OOC(=O)OC(C)C. The van der Waals surface area contributed by atoms with Crippen LogP contribution in [0.4, 0.5) is 4.79 Å². The second-order valence-corrected chi connectivity index (χ2v) is 3.94. The first-order chi connectivity index (χ1) is 8.97. The number of carbonyl (C=O) groups is 2. The molecule has 0 aromatic carbocycles. The highest BCUT2D eigenvalue weighted by molar-refractivity contribution is 5.87. The van der Waals surface area contributed by atoms with E-state index in [1.807, 2.05) is 6.92 Å². The molecule has 0 saturated carbocycles. The number of unbranched alkanes of at least 4 members (excludes halogenated alkanes) is 1. The van der Waals surface area contributed by atoms with Crippen LogP contribution < -0.4 is 0 Å². The van der Waals surface area contributed by atoms with E-state index in [2.05, 4.69) is 19.4 Å². The molecule has 0 saturated heterocycles. The van der Waals surface area contributed by atoms with Crippen LogP contribution in [0.5, 0.6) is 0 Å². The van der Waals surface area contributed by atoms with Crippen molar-refractivity contribution in [3.8, 4) is 0 Å². The smallest absolute Gasteiger partial charge is 0.429 e. The van der Waals surface area contributed by atoms with E-state index in [1.54, 1.807) is 13.8 Å². The van der Waals surface area contributed by atoms with Gasteiger partial charge in [0.25, 0.3) is 0 Å². The van der Waals surface area contributed by atoms with Gasteiger partial charge >= 0.3 is 12.1 Å². The Labute approximate surface area is 112 Å². The molecule has 0 N–H and O–H groups in total. The van der Waals surface area contributed by atoms with Crippen LogP contribution in [0, 0.1) is 0 Å². The Morgan fingerprint density at radius 1 is 1.21 bits per heavy atom. The quantitative estimate of drug-likeness (QED) is 0.176. The maximum atomic E-state index is 11.3. The van der Waals surface area contributed by atoms with Crippen molar-refractivity contribution in [2.75, 3.05) is 6.61 Å². The predicted octanol–water partition coefficient (Wildman–Crippen LogP) is 2.66. The Kier molecular flexibility index (Phi) is 9.25. The second-order valence-electron chi connectivity index (χ2n) is 3.94. The van der Waals surface area contributed by atoms with E-state index in [0.29, 0.717) is 6.61 Å². The van der Waals surface area contributed by atoms with Crippen molar-refractivity contribution in [3.05, 3.63) is 11.8 Å². The summed E-state index contributed by atoms with van der Waals surface area (Å²) in [5, 5.41) is 0. The molecule has 0 aliphatic heterocycles. The summed E-state index contributed by atoms with van der Waals surface area (Å²) in [5.74, 6) is -0.875. The summed E-state index contributed by atoms with van der Waals surface area (Å²) >= 11 is 0. The molecule has 0 aromatic rings. The van der Waals surface area contributed by atoms with E-state index in [4.69, 9.17) is 4.89 Å². The lowest BCUT2D eigenvalue weighted by Crippen LogP contribution is -2.16. The predicted molar refractivity (Wildman–Crippen MR) is 64.5 cm³/mol. The van der Waals surface area contributed by atoms with E-state index in [0.717, 1.165) is 19.1 Å². The van der Waals surface area contributed by atoms with E-state index in [-0.39, 0.29) is 11.7 Å². The fourth-order valence-electron chi connectivity index (χ4n) is 0.755. The third-order valence-corrected chi connectivity index (χ3v) is 1.71. The normalized spacial score (nSPS) is 11.1. The first-order valence-corrected chi connectivity index (χ1v) is 6.01. The van der Waals surface area contributed by atoms with Crippen molar-refractivity contribution in [1.82, 2.24) is 0 Å². The molecule has 0 heterocycles. The highest BCUT2D eigenvalue weighted by Crippen LogP contribution is 2.01. The average Bonchev–Trinajstić information content (AvgIpc) is 2.34. The summed E-state index contributed by atoms with van der Waals surface area (Å²) in [6, 6.07) is 0. The van der Waals surface area contributed by atoms with E-state index >= 15 is 0 Å². The van der Waals surface area contributed by atoms with Crippen molar-refractivity contribution >= 4 is 12.1 Å². The zero-order valence-electron chi connectivity index (χ0n) is 11.6. The van der Waals surface area contributed by atoms with Crippen LogP contribution in [0.15, 0.2) is 11.8 Å². The highest BCUT2D eigenvalue weighted by atomic mass is 17.2. The zero-order valence-corrected chi connectivity index (χ0v) is 11.6. The van der Waals surface area contributed by atoms with Gasteiger partial charge in [-0.15, -0.1) is 0 Å². The first-order valence-electron chi connectivity index (χ1n) is 6.01. The second kappa shape index (κ2) is 10.2. The summed E-state index contributed by atoms with van der Waals surface area (Å²) < 4.78 is 4.59. The molecule has 0 aliphatic rings. The van der Waals surface area contributed by atoms with Gasteiger partial charge in [-0.3, -0.25) is 0 Å². The molecule has 0 radical (unpaired) electrons. The van der Waals surface area contributed by atoms with Crippen molar-refractivity contribution in [2.45, 2.75) is 46.6 Å². The minimum absolute atomic E-state index is 0.0776. The molecule has 0 rings (SSSR count). The lowest BCUT2D eigenvalue weighted by Gasteiger charge is -2.06. The van der Waals surface area contributed by atoms with Crippen LogP contribution in [-0.4, -0.2) is 24.8 Å². The number of rotatable bonds is 7. The van der Waals surface area contributed by atoms with E-state index in [1.165, 1.54) is 6.92 Å². The van der Waals surface area contributed by atoms with Crippen LogP contribution in [-0.2, 0) is 29.1 Å². The summed E-state index contributed by atoms with van der Waals surface area (Å²) in [6.07, 6.45) is 1.44. The highest BCUT2D eigenvalue weighted by Gasteiger charge is 2.14. The molecule has 0 unspecified atom stereocenters. The molecular formula is C12H20O7.